The van der Waals surface area contributed by atoms with Gasteiger partial charge < -0.3 is 20.4 Å². The zero-order valence-electron chi connectivity index (χ0n) is 31.5. The second-order valence-corrected chi connectivity index (χ2v) is 16.1. The summed E-state index contributed by atoms with van der Waals surface area (Å²) in [4.78, 5) is 55.6. The number of aromatic nitrogens is 5. The minimum Gasteiger partial charge on any atom is -0.374 e. The number of imidazole rings is 1. The van der Waals surface area contributed by atoms with Crippen LogP contribution < -0.4 is 26.4 Å². The van der Waals surface area contributed by atoms with Crippen LogP contribution in [-0.4, -0.2) is 79.4 Å². The molecule has 13 nitrogen and oxygen atoms in total. The van der Waals surface area contributed by atoms with Crippen LogP contribution in [0.3, 0.4) is 0 Å². The van der Waals surface area contributed by atoms with E-state index < -0.39 is 6.04 Å². The van der Waals surface area contributed by atoms with E-state index in [9.17, 15) is 14.4 Å². The van der Waals surface area contributed by atoms with Gasteiger partial charge in [-0.15, -0.1) is 0 Å². The van der Waals surface area contributed by atoms with E-state index in [2.05, 4.69) is 47.9 Å². The Bertz CT molecular complexity index is 2560. The number of carbonyl (C=O) groups is 2. The Morgan fingerprint density at radius 2 is 1.60 bits per heavy atom. The predicted molar refractivity (Wildman–Crippen MR) is 223 cm³/mol. The van der Waals surface area contributed by atoms with Crippen molar-refractivity contribution in [3.8, 4) is 5.69 Å². The highest BCUT2D eigenvalue weighted by Gasteiger charge is 2.29. The Labute approximate surface area is 343 Å². The van der Waals surface area contributed by atoms with Gasteiger partial charge in [0.25, 0.3) is 5.56 Å². The van der Waals surface area contributed by atoms with Gasteiger partial charge in [-0.2, -0.15) is 4.98 Å². The van der Waals surface area contributed by atoms with Crippen LogP contribution in [0.4, 0.5) is 27.4 Å². The lowest BCUT2D eigenvalue weighted by atomic mass is 9.88. The monoisotopic (exact) mass is 822 g/mol. The molecule has 3 aliphatic rings. The topological polar surface area (TPSA) is 142 Å². The Hall–Kier alpha value is -5.57. The summed E-state index contributed by atoms with van der Waals surface area (Å²) in [5.74, 6) is 0.764. The number of fused-ring (bicyclic) bond motifs is 3. The molecule has 1 unspecified atom stereocenters. The molecule has 16 heteroatoms. The summed E-state index contributed by atoms with van der Waals surface area (Å²) in [5.41, 5.74) is 3.64. The molecule has 0 spiro atoms. The summed E-state index contributed by atoms with van der Waals surface area (Å²) < 4.78 is 18.3. The molecular formula is C42H41Cl2FN10O3. The first-order valence-corrected chi connectivity index (χ1v) is 20.4. The molecule has 3 fully saturated rings. The molecule has 0 aliphatic carbocycles. The third-order valence-electron chi connectivity index (χ3n) is 11.6. The molecule has 58 heavy (non-hydrogen) atoms. The number of nitrogens with one attached hydrogen (secondary N) is 3. The van der Waals surface area contributed by atoms with Crippen LogP contribution in [0.15, 0.2) is 84.0 Å². The van der Waals surface area contributed by atoms with Crippen molar-refractivity contribution in [3.63, 3.8) is 0 Å². The van der Waals surface area contributed by atoms with Crippen LogP contribution in [0.25, 0.3) is 22.5 Å². The van der Waals surface area contributed by atoms with E-state index in [1.807, 2.05) is 12.1 Å². The third kappa shape index (κ3) is 7.59. The van der Waals surface area contributed by atoms with Crippen molar-refractivity contribution in [2.24, 2.45) is 5.92 Å². The van der Waals surface area contributed by atoms with Crippen LogP contribution in [0.2, 0.25) is 10.0 Å². The number of likely N-dealkylation sites (tertiary alicyclic amines) is 1. The molecule has 298 valence electrons. The molecule has 2 amide bonds. The zero-order valence-corrected chi connectivity index (χ0v) is 33.0. The summed E-state index contributed by atoms with van der Waals surface area (Å²) in [5, 5.41) is 9.62. The van der Waals surface area contributed by atoms with Crippen LogP contribution in [0, 0.1) is 11.7 Å². The van der Waals surface area contributed by atoms with Crippen molar-refractivity contribution < 1.29 is 14.0 Å². The molecule has 6 aromatic rings. The van der Waals surface area contributed by atoms with Crippen molar-refractivity contribution in [1.29, 1.82) is 0 Å². The van der Waals surface area contributed by atoms with Crippen molar-refractivity contribution in [2.75, 3.05) is 48.3 Å². The summed E-state index contributed by atoms with van der Waals surface area (Å²) >= 11 is 12.9. The highest BCUT2D eigenvalue weighted by molar-refractivity contribution is 6.37. The van der Waals surface area contributed by atoms with Crippen molar-refractivity contribution in [1.82, 2.24) is 34.1 Å². The first-order valence-electron chi connectivity index (χ1n) is 19.6. The lowest BCUT2D eigenvalue weighted by molar-refractivity contribution is -0.133. The summed E-state index contributed by atoms with van der Waals surface area (Å²) in [6, 6.07) is 18.0. The van der Waals surface area contributed by atoms with Crippen LogP contribution in [-0.2, 0) is 9.59 Å². The van der Waals surface area contributed by atoms with Crippen molar-refractivity contribution >= 4 is 74.8 Å². The maximum absolute atomic E-state index is 15.2. The van der Waals surface area contributed by atoms with E-state index in [1.165, 1.54) is 22.4 Å². The Balaban J connectivity index is 0.773. The van der Waals surface area contributed by atoms with E-state index >= 15 is 4.39 Å². The van der Waals surface area contributed by atoms with Gasteiger partial charge in [0, 0.05) is 56.0 Å². The maximum atomic E-state index is 15.2. The quantitative estimate of drug-likeness (QED) is 0.132. The molecule has 0 saturated carbocycles. The van der Waals surface area contributed by atoms with E-state index in [4.69, 9.17) is 28.2 Å². The Kier molecular flexibility index (Phi) is 10.5. The number of hydrogen-bond donors (Lipinski definition) is 3. The summed E-state index contributed by atoms with van der Waals surface area (Å²) in [7, 11) is 0. The highest BCUT2D eigenvalue weighted by atomic mass is 35.5. The Morgan fingerprint density at radius 3 is 2.33 bits per heavy atom. The molecular weight excluding hydrogens is 782 g/mol. The fourth-order valence-electron chi connectivity index (χ4n) is 8.53. The van der Waals surface area contributed by atoms with Crippen molar-refractivity contribution in [2.45, 2.75) is 50.5 Å². The zero-order chi connectivity index (χ0) is 39.9. The third-order valence-corrected chi connectivity index (χ3v) is 12.2. The van der Waals surface area contributed by atoms with E-state index in [0.29, 0.717) is 68.1 Å². The molecule has 3 aromatic carbocycles. The second kappa shape index (κ2) is 16.0. The number of imide groups is 1. The normalized spacial score (nSPS) is 18.5. The fraction of sp³-hybridized carbons (Fsp3) is 0.333. The van der Waals surface area contributed by atoms with Gasteiger partial charge in [-0.1, -0.05) is 41.4 Å². The SMILES string of the molecule is O=C1CCC(Nc2ccc(N3CCC(CN4CCC(c5ccc(Nc6ncc7c(=O)n(-c8c(Cl)cccc8Cl)c8nccn8c7n6)cc5)CC4)CC3)c(F)c2)C(=O)N1. The number of para-hydroxylation sites is 1. The predicted octanol–water partition coefficient (Wildman–Crippen LogP) is 6.93. The largest absolute Gasteiger partial charge is 0.374 e. The van der Waals surface area contributed by atoms with Crippen LogP contribution in [0.1, 0.15) is 50.0 Å². The minimum atomic E-state index is -0.546. The number of piperidine rings is 3. The van der Waals surface area contributed by atoms with E-state index in [1.54, 1.807) is 47.1 Å². The summed E-state index contributed by atoms with van der Waals surface area (Å²) in [6.45, 7) is 4.74. The van der Waals surface area contributed by atoms with Gasteiger partial charge >= 0.3 is 0 Å². The van der Waals surface area contributed by atoms with Crippen LogP contribution in [0.5, 0.6) is 0 Å². The number of hydrogen-bond acceptors (Lipinski definition) is 10. The molecule has 3 saturated heterocycles. The average molecular weight is 824 g/mol. The second-order valence-electron chi connectivity index (χ2n) is 15.3. The number of amides is 2. The van der Waals surface area contributed by atoms with Crippen LogP contribution >= 0.6 is 23.2 Å². The van der Waals surface area contributed by atoms with Gasteiger partial charge in [0.2, 0.25) is 23.5 Å². The van der Waals surface area contributed by atoms with Gasteiger partial charge in [0.15, 0.2) is 5.65 Å². The van der Waals surface area contributed by atoms with Gasteiger partial charge in [-0.05, 0) is 105 Å². The first-order chi connectivity index (χ1) is 28.2. The summed E-state index contributed by atoms with van der Waals surface area (Å²) in [6.07, 6.45) is 9.68. The first kappa shape index (κ1) is 38.0. The molecule has 6 heterocycles. The van der Waals surface area contributed by atoms with E-state index in [-0.39, 0.29) is 29.6 Å². The smallest absolute Gasteiger partial charge is 0.270 e. The fourth-order valence-corrected chi connectivity index (χ4v) is 9.10. The minimum absolute atomic E-state index is 0.268. The van der Waals surface area contributed by atoms with Crippen molar-refractivity contribution in [3.05, 3.63) is 111 Å². The number of halogens is 3. The standard InChI is InChI=1S/C42H41Cl2FN10O3/c43-31-2-1-3-32(44)37(31)55-40(58)30-23-47-41(51-38(30)54-21-16-46-42(54)55)49-28-6-4-26(5-7-28)27-14-17-52(18-15-27)24-25-12-19-53(20-13-25)35-10-8-29(22-33(35)45)48-34-9-11-36(56)50-39(34)57/h1-8,10,16,21-23,25,27,34,48H,9,11-15,17-20,24H2,(H,47,49,51)(H,50,56,57). The van der Waals surface area contributed by atoms with Gasteiger partial charge in [0.05, 0.1) is 21.4 Å². The molecule has 3 aliphatic heterocycles. The number of nitrogens with zero attached hydrogens (tertiary/aromatic N) is 7. The highest BCUT2D eigenvalue weighted by Crippen LogP contribution is 2.33. The lowest BCUT2D eigenvalue weighted by Crippen LogP contribution is -2.47. The lowest BCUT2D eigenvalue weighted by Gasteiger charge is -2.38. The molecule has 3 N–H and O–H groups in total. The average Bonchev–Trinajstić information content (AvgIpc) is 3.71. The molecule has 0 radical (unpaired) electrons. The van der Waals surface area contributed by atoms with E-state index in [0.717, 1.165) is 64.1 Å². The maximum Gasteiger partial charge on any atom is 0.270 e. The van der Waals surface area contributed by atoms with Gasteiger partial charge in [-0.3, -0.25) is 24.1 Å². The van der Waals surface area contributed by atoms with Gasteiger partial charge in [-0.25, -0.2) is 18.9 Å². The number of rotatable bonds is 9. The number of benzene rings is 3. The van der Waals surface area contributed by atoms with Gasteiger partial charge in [0.1, 0.15) is 17.2 Å². The molecule has 0 bridgehead atoms. The molecule has 1 atom stereocenters. The molecule has 3 aromatic heterocycles. The number of anilines is 4. The Morgan fingerprint density at radius 1 is 0.862 bits per heavy atom. The number of carbonyl (C=O) groups excluding carboxylic acids is 2. The molecule has 9 rings (SSSR count).